The molecule has 1 aliphatic heterocycles. The molecule has 1 fully saturated rings. The fraction of sp³-hybridized carbons (Fsp3) is 0.619. The van der Waals surface area contributed by atoms with Crippen molar-refractivity contribution in [3.8, 4) is 0 Å². The summed E-state index contributed by atoms with van der Waals surface area (Å²) in [5, 5.41) is 2.78. The first kappa shape index (κ1) is 24.3. The normalized spacial score (nSPS) is 16.4. The van der Waals surface area contributed by atoms with Crippen molar-refractivity contribution in [2.24, 2.45) is 0 Å². The van der Waals surface area contributed by atoms with E-state index in [1.54, 1.807) is 12.0 Å². The van der Waals surface area contributed by atoms with Gasteiger partial charge in [-0.1, -0.05) is 17.7 Å². The highest BCUT2D eigenvalue weighted by Crippen LogP contribution is 2.26. The van der Waals surface area contributed by atoms with Gasteiger partial charge in [0.1, 0.15) is 0 Å². The van der Waals surface area contributed by atoms with Crippen LogP contribution in [0.3, 0.4) is 0 Å². The van der Waals surface area contributed by atoms with Gasteiger partial charge in [0, 0.05) is 52.2 Å². The predicted molar refractivity (Wildman–Crippen MR) is 115 cm³/mol. The number of methoxy groups -OCH3 is 1. The number of carbonyl (C=O) groups excluding carboxylic acids is 2. The van der Waals surface area contributed by atoms with Gasteiger partial charge in [-0.3, -0.25) is 9.59 Å². The van der Waals surface area contributed by atoms with Crippen molar-refractivity contribution in [1.29, 1.82) is 0 Å². The molecule has 0 aliphatic carbocycles. The zero-order valence-corrected chi connectivity index (χ0v) is 19.3. The number of carbonyl (C=O) groups is 2. The Kier molecular flexibility index (Phi) is 8.40. The second-order valence-corrected chi connectivity index (χ2v) is 9.81. The highest BCUT2D eigenvalue weighted by Gasteiger charge is 2.32. The van der Waals surface area contributed by atoms with Crippen LogP contribution in [0.1, 0.15) is 36.5 Å². The van der Waals surface area contributed by atoms with E-state index in [4.69, 9.17) is 4.74 Å². The highest BCUT2D eigenvalue weighted by molar-refractivity contribution is 7.89. The van der Waals surface area contributed by atoms with Gasteiger partial charge in [0.25, 0.3) is 0 Å². The first-order chi connectivity index (χ1) is 14.1. The number of nitrogens with one attached hydrogen (secondary N) is 1. The maximum Gasteiger partial charge on any atom is 0.243 e. The molecule has 1 heterocycles. The number of rotatable bonds is 8. The predicted octanol–water partition coefficient (Wildman–Crippen LogP) is 1.38. The molecule has 1 aromatic carbocycles. The summed E-state index contributed by atoms with van der Waals surface area (Å²) in [6, 6.07) is 3.64. The van der Waals surface area contributed by atoms with Crippen LogP contribution < -0.4 is 5.32 Å². The minimum atomic E-state index is -3.61. The molecule has 2 rings (SSSR count). The van der Waals surface area contributed by atoms with E-state index in [1.807, 2.05) is 39.8 Å². The molecular weight excluding hydrogens is 406 g/mol. The fourth-order valence-electron chi connectivity index (χ4n) is 3.90. The van der Waals surface area contributed by atoms with Gasteiger partial charge in [0.05, 0.1) is 11.5 Å². The quantitative estimate of drug-likeness (QED) is 0.660. The van der Waals surface area contributed by atoms with Crippen LogP contribution in [0.2, 0.25) is 0 Å². The molecule has 1 atom stereocenters. The molecule has 9 heteroatoms. The molecule has 0 radical (unpaired) electrons. The van der Waals surface area contributed by atoms with Crippen molar-refractivity contribution < 1.29 is 22.7 Å². The van der Waals surface area contributed by atoms with Gasteiger partial charge >= 0.3 is 0 Å². The average Bonchev–Trinajstić information content (AvgIpc) is 2.65. The Morgan fingerprint density at radius 1 is 1.07 bits per heavy atom. The number of benzene rings is 1. The first-order valence-electron chi connectivity index (χ1n) is 10.2. The van der Waals surface area contributed by atoms with Crippen LogP contribution in [-0.2, 0) is 24.3 Å². The van der Waals surface area contributed by atoms with Crippen molar-refractivity contribution >= 4 is 21.8 Å². The number of sulfonamides is 1. The zero-order chi connectivity index (χ0) is 22.5. The molecule has 0 saturated carbocycles. The molecule has 1 N–H and O–H groups in total. The first-order valence-corrected chi connectivity index (χ1v) is 11.6. The van der Waals surface area contributed by atoms with Crippen molar-refractivity contribution in [3.63, 3.8) is 0 Å². The van der Waals surface area contributed by atoms with Crippen molar-refractivity contribution in [3.05, 3.63) is 28.8 Å². The van der Waals surface area contributed by atoms with E-state index in [9.17, 15) is 18.0 Å². The Morgan fingerprint density at radius 3 is 2.17 bits per heavy atom. The van der Waals surface area contributed by atoms with Gasteiger partial charge in [-0.15, -0.1) is 0 Å². The zero-order valence-electron chi connectivity index (χ0n) is 18.5. The lowest BCUT2D eigenvalue weighted by molar-refractivity contribution is -0.134. The van der Waals surface area contributed by atoms with Crippen LogP contribution in [0.15, 0.2) is 17.0 Å². The van der Waals surface area contributed by atoms with Crippen molar-refractivity contribution in [1.82, 2.24) is 14.5 Å². The maximum atomic E-state index is 13.1. The smallest absolute Gasteiger partial charge is 0.243 e. The van der Waals surface area contributed by atoms with Crippen LogP contribution in [0, 0.1) is 20.8 Å². The van der Waals surface area contributed by atoms with Crippen LogP contribution in [0.5, 0.6) is 0 Å². The fourth-order valence-corrected chi connectivity index (χ4v) is 5.73. The maximum absolute atomic E-state index is 13.1. The SMILES string of the molecule is COC[C@@H](C)NC(=O)CCC(=O)N1CCN(S(=O)(=O)c2c(C)cc(C)cc2C)CC1. The molecule has 1 aliphatic rings. The molecule has 8 nitrogen and oxygen atoms in total. The molecule has 168 valence electrons. The number of piperazine rings is 1. The number of nitrogens with zero attached hydrogens (tertiary/aromatic N) is 2. The summed E-state index contributed by atoms with van der Waals surface area (Å²) in [6.45, 7) is 8.95. The Balaban J connectivity index is 1.91. The monoisotopic (exact) mass is 439 g/mol. The Bertz CT molecular complexity index is 854. The van der Waals surface area contributed by atoms with Crippen LogP contribution in [-0.4, -0.2) is 75.4 Å². The van der Waals surface area contributed by atoms with Gasteiger partial charge in [-0.25, -0.2) is 8.42 Å². The summed E-state index contributed by atoms with van der Waals surface area (Å²) in [5.41, 5.74) is 2.50. The highest BCUT2D eigenvalue weighted by atomic mass is 32.2. The Hall–Kier alpha value is -1.97. The van der Waals surface area contributed by atoms with Crippen molar-refractivity contribution in [2.75, 3.05) is 39.9 Å². The third kappa shape index (κ3) is 6.02. The summed E-state index contributed by atoms with van der Waals surface area (Å²) in [6.07, 6.45) is 0.210. The van der Waals surface area contributed by atoms with E-state index in [-0.39, 0.29) is 43.8 Å². The van der Waals surface area contributed by atoms with Crippen LogP contribution in [0.25, 0.3) is 0 Å². The molecule has 0 spiro atoms. The molecule has 1 aromatic rings. The summed E-state index contributed by atoms with van der Waals surface area (Å²) < 4.78 is 32.7. The third-order valence-electron chi connectivity index (χ3n) is 5.18. The van der Waals surface area contributed by atoms with Gasteiger partial charge in [-0.2, -0.15) is 4.31 Å². The van der Waals surface area contributed by atoms with Gasteiger partial charge in [-0.05, 0) is 38.8 Å². The molecular formula is C21H33N3O5S. The van der Waals surface area contributed by atoms with Crippen LogP contribution in [0.4, 0.5) is 0 Å². The van der Waals surface area contributed by atoms with Crippen molar-refractivity contribution in [2.45, 2.75) is 51.5 Å². The number of hydrogen-bond donors (Lipinski definition) is 1. The molecule has 0 unspecified atom stereocenters. The Morgan fingerprint density at radius 2 is 1.63 bits per heavy atom. The summed E-state index contributed by atoms with van der Waals surface area (Å²) in [4.78, 5) is 26.3. The number of hydrogen-bond acceptors (Lipinski definition) is 5. The number of aryl methyl sites for hydroxylation is 3. The largest absolute Gasteiger partial charge is 0.383 e. The summed E-state index contributed by atoms with van der Waals surface area (Å²) in [7, 11) is -2.05. The second-order valence-electron chi connectivity index (χ2n) is 7.94. The molecule has 2 amide bonds. The topological polar surface area (TPSA) is 96.0 Å². The minimum Gasteiger partial charge on any atom is -0.383 e. The standard InChI is InChI=1S/C21H33N3O5S/c1-15-12-16(2)21(17(3)13-15)30(27,28)24-10-8-23(9-11-24)20(26)7-6-19(25)22-18(4)14-29-5/h12-13,18H,6-11,14H2,1-5H3,(H,22,25)/t18-/m1/s1. The van der Waals surface area contributed by atoms with Gasteiger partial charge < -0.3 is 15.0 Å². The molecule has 1 saturated heterocycles. The van der Waals surface area contributed by atoms with E-state index in [0.717, 1.165) is 16.7 Å². The van der Waals surface area contributed by atoms with Crippen LogP contribution >= 0.6 is 0 Å². The third-order valence-corrected chi connectivity index (χ3v) is 7.39. The lowest BCUT2D eigenvalue weighted by Gasteiger charge is -2.34. The van der Waals surface area contributed by atoms with Gasteiger partial charge in [0.15, 0.2) is 0 Å². The lowest BCUT2D eigenvalue weighted by atomic mass is 10.1. The summed E-state index contributed by atoms with van der Waals surface area (Å²) >= 11 is 0. The number of amides is 2. The number of ether oxygens (including phenoxy) is 1. The van der Waals surface area contributed by atoms with E-state index in [0.29, 0.717) is 24.6 Å². The van der Waals surface area contributed by atoms with E-state index >= 15 is 0 Å². The Labute approximate surface area is 179 Å². The van der Waals surface area contributed by atoms with E-state index in [1.165, 1.54) is 4.31 Å². The summed E-state index contributed by atoms with van der Waals surface area (Å²) in [5.74, 6) is -0.330. The van der Waals surface area contributed by atoms with E-state index in [2.05, 4.69) is 5.32 Å². The second kappa shape index (κ2) is 10.4. The average molecular weight is 440 g/mol. The van der Waals surface area contributed by atoms with Gasteiger partial charge in [0.2, 0.25) is 21.8 Å². The lowest BCUT2D eigenvalue weighted by Crippen LogP contribution is -2.50. The van der Waals surface area contributed by atoms with E-state index < -0.39 is 10.0 Å². The molecule has 0 aromatic heterocycles. The minimum absolute atomic E-state index is 0.104. The molecule has 0 bridgehead atoms. The molecule has 30 heavy (non-hydrogen) atoms.